The lowest BCUT2D eigenvalue weighted by atomic mass is 9.91. The van der Waals surface area contributed by atoms with Gasteiger partial charge in [0.1, 0.15) is 11.3 Å². The lowest BCUT2D eigenvalue weighted by molar-refractivity contribution is 0.0177. The number of likely N-dealkylation sites (N-methyl/N-ethyl adjacent to an activating group) is 1. The monoisotopic (exact) mass is 314 g/mol. The second kappa shape index (κ2) is 7.28. The summed E-state index contributed by atoms with van der Waals surface area (Å²) in [5.41, 5.74) is 1.94. The molecule has 4 nitrogen and oxygen atoms in total. The number of rotatable bonds is 5. The van der Waals surface area contributed by atoms with Crippen LogP contribution in [-0.2, 0) is 6.54 Å². The fraction of sp³-hybridized carbons (Fsp3) is 0.526. The SMILES string of the molecule is CCN(Cc1ccc2cccc(OC)c2n1)[C@@H]1CCCC[C@H]1O. The van der Waals surface area contributed by atoms with Crippen LogP contribution in [0.4, 0.5) is 0 Å². The van der Waals surface area contributed by atoms with Crippen LogP contribution in [-0.4, -0.2) is 40.8 Å². The number of aromatic nitrogens is 1. The number of para-hydroxylation sites is 1. The highest BCUT2D eigenvalue weighted by Gasteiger charge is 2.28. The van der Waals surface area contributed by atoms with Crippen LogP contribution in [0.25, 0.3) is 10.9 Å². The van der Waals surface area contributed by atoms with Gasteiger partial charge in [0.2, 0.25) is 0 Å². The predicted molar refractivity (Wildman–Crippen MR) is 92.6 cm³/mol. The summed E-state index contributed by atoms with van der Waals surface area (Å²) in [6, 6.07) is 10.4. The summed E-state index contributed by atoms with van der Waals surface area (Å²) >= 11 is 0. The molecule has 0 bridgehead atoms. The van der Waals surface area contributed by atoms with Crippen LogP contribution >= 0.6 is 0 Å². The Morgan fingerprint density at radius 1 is 1.22 bits per heavy atom. The smallest absolute Gasteiger partial charge is 0.145 e. The standard InChI is InChI=1S/C19H26N2O2/c1-3-21(16-8-4-5-9-17(16)22)13-15-12-11-14-7-6-10-18(23-2)19(14)20-15/h6-7,10-12,16-17,22H,3-5,8-9,13H2,1-2H3/t16-,17-/m1/s1. The van der Waals surface area contributed by atoms with Gasteiger partial charge in [0.25, 0.3) is 0 Å². The zero-order chi connectivity index (χ0) is 16.2. The molecule has 1 aromatic carbocycles. The average Bonchev–Trinajstić information content (AvgIpc) is 2.59. The van der Waals surface area contributed by atoms with Crippen LogP contribution in [0, 0.1) is 0 Å². The minimum atomic E-state index is -0.210. The molecule has 1 aromatic heterocycles. The molecule has 0 radical (unpaired) electrons. The average molecular weight is 314 g/mol. The van der Waals surface area contributed by atoms with E-state index in [1.165, 1.54) is 6.42 Å². The van der Waals surface area contributed by atoms with Crippen molar-refractivity contribution < 1.29 is 9.84 Å². The second-order valence-corrected chi connectivity index (χ2v) is 6.32. The number of ether oxygens (including phenoxy) is 1. The van der Waals surface area contributed by atoms with Gasteiger partial charge in [-0.05, 0) is 31.5 Å². The maximum atomic E-state index is 10.3. The van der Waals surface area contributed by atoms with Gasteiger partial charge in [0.05, 0.1) is 18.9 Å². The molecule has 1 aliphatic rings. The van der Waals surface area contributed by atoms with Crippen molar-refractivity contribution in [3.8, 4) is 5.75 Å². The molecule has 0 aliphatic heterocycles. The molecule has 2 atom stereocenters. The Morgan fingerprint density at radius 3 is 2.78 bits per heavy atom. The highest BCUT2D eigenvalue weighted by Crippen LogP contribution is 2.26. The number of nitrogens with zero attached hydrogens (tertiary/aromatic N) is 2. The third kappa shape index (κ3) is 3.48. The first-order valence-corrected chi connectivity index (χ1v) is 8.57. The molecular weight excluding hydrogens is 288 g/mol. The molecule has 0 saturated heterocycles. The van der Waals surface area contributed by atoms with E-state index in [9.17, 15) is 5.11 Å². The lowest BCUT2D eigenvalue weighted by Crippen LogP contribution is -2.45. The zero-order valence-electron chi connectivity index (χ0n) is 14.0. The van der Waals surface area contributed by atoms with Crippen molar-refractivity contribution >= 4 is 10.9 Å². The second-order valence-electron chi connectivity index (χ2n) is 6.32. The van der Waals surface area contributed by atoms with Crippen LogP contribution in [0.3, 0.4) is 0 Å². The molecule has 124 valence electrons. The Balaban J connectivity index is 1.84. The summed E-state index contributed by atoms with van der Waals surface area (Å²) in [6.45, 7) is 3.85. The van der Waals surface area contributed by atoms with Gasteiger partial charge >= 0.3 is 0 Å². The van der Waals surface area contributed by atoms with Crippen LogP contribution in [0.1, 0.15) is 38.3 Å². The van der Waals surface area contributed by atoms with Crippen LogP contribution < -0.4 is 4.74 Å². The van der Waals surface area contributed by atoms with Gasteiger partial charge in [-0.3, -0.25) is 4.90 Å². The van der Waals surface area contributed by atoms with E-state index < -0.39 is 0 Å². The Kier molecular flexibility index (Phi) is 5.13. The van der Waals surface area contributed by atoms with Crippen molar-refractivity contribution in [3.05, 3.63) is 36.0 Å². The molecule has 1 N–H and O–H groups in total. The van der Waals surface area contributed by atoms with E-state index in [1.54, 1.807) is 7.11 Å². The van der Waals surface area contributed by atoms with Gasteiger partial charge in [0, 0.05) is 18.0 Å². The van der Waals surface area contributed by atoms with E-state index in [-0.39, 0.29) is 12.1 Å². The molecule has 2 aromatic rings. The third-order valence-electron chi connectivity index (χ3n) is 4.90. The molecule has 0 unspecified atom stereocenters. The fourth-order valence-electron chi connectivity index (χ4n) is 3.60. The summed E-state index contributed by atoms with van der Waals surface area (Å²) in [6.07, 6.45) is 4.13. The lowest BCUT2D eigenvalue weighted by Gasteiger charge is -2.36. The largest absolute Gasteiger partial charge is 0.494 e. The molecule has 1 heterocycles. The first-order valence-electron chi connectivity index (χ1n) is 8.57. The molecule has 1 aliphatic carbocycles. The number of pyridine rings is 1. The highest BCUT2D eigenvalue weighted by molar-refractivity contribution is 5.84. The number of fused-ring (bicyclic) bond motifs is 1. The van der Waals surface area contributed by atoms with Crippen molar-refractivity contribution in [2.24, 2.45) is 0 Å². The maximum Gasteiger partial charge on any atom is 0.145 e. The van der Waals surface area contributed by atoms with E-state index in [4.69, 9.17) is 9.72 Å². The molecule has 23 heavy (non-hydrogen) atoms. The molecule has 1 fully saturated rings. The van der Waals surface area contributed by atoms with Crippen molar-refractivity contribution in [2.75, 3.05) is 13.7 Å². The van der Waals surface area contributed by atoms with Gasteiger partial charge in [0.15, 0.2) is 0 Å². The highest BCUT2D eigenvalue weighted by atomic mass is 16.5. The molecule has 3 rings (SSSR count). The molecular formula is C19H26N2O2. The normalized spacial score (nSPS) is 21.7. The van der Waals surface area contributed by atoms with E-state index in [2.05, 4.69) is 30.0 Å². The van der Waals surface area contributed by atoms with Gasteiger partial charge in [-0.15, -0.1) is 0 Å². The Bertz CT molecular complexity index is 659. The number of hydrogen-bond acceptors (Lipinski definition) is 4. The van der Waals surface area contributed by atoms with Crippen LogP contribution in [0.5, 0.6) is 5.75 Å². The maximum absolute atomic E-state index is 10.3. The summed E-state index contributed by atoms with van der Waals surface area (Å²) in [5, 5.41) is 11.4. The van der Waals surface area contributed by atoms with Gasteiger partial charge in [-0.1, -0.05) is 38.0 Å². The van der Waals surface area contributed by atoms with E-state index in [0.717, 1.165) is 54.7 Å². The fourth-order valence-corrected chi connectivity index (χ4v) is 3.60. The number of benzene rings is 1. The van der Waals surface area contributed by atoms with Crippen molar-refractivity contribution in [3.63, 3.8) is 0 Å². The topological polar surface area (TPSA) is 45.6 Å². The first kappa shape index (κ1) is 16.2. The predicted octanol–water partition coefficient (Wildman–Crippen LogP) is 3.37. The number of hydrogen-bond donors (Lipinski definition) is 1. The van der Waals surface area contributed by atoms with Crippen LogP contribution in [0.2, 0.25) is 0 Å². The Labute approximate surface area is 138 Å². The van der Waals surface area contributed by atoms with E-state index >= 15 is 0 Å². The molecule has 0 amide bonds. The van der Waals surface area contributed by atoms with Gasteiger partial charge in [-0.2, -0.15) is 0 Å². The van der Waals surface area contributed by atoms with Crippen molar-refractivity contribution in [1.82, 2.24) is 9.88 Å². The first-order chi connectivity index (χ1) is 11.2. The number of methoxy groups -OCH3 is 1. The van der Waals surface area contributed by atoms with E-state index in [1.807, 2.05) is 12.1 Å². The van der Waals surface area contributed by atoms with E-state index in [0.29, 0.717) is 0 Å². The third-order valence-corrected chi connectivity index (χ3v) is 4.90. The van der Waals surface area contributed by atoms with Crippen LogP contribution in [0.15, 0.2) is 30.3 Å². The molecule has 0 spiro atoms. The summed E-state index contributed by atoms with van der Waals surface area (Å²) in [5.74, 6) is 0.810. The summed E-state index contributed by atoms with van der Waals surface area (Å²) in [4.78, 5) is 7.16. The molecule has 1 saturated carbocycles. The quantitative estimate of drug-likeness (QED) is 0.919. The number of aliphatic hydroxyl groups is 1. The Hall–Kier alpha value is -1.65. The Morgan fingerprint density at radius 2 is 2.04 bits per heavy atom. The summed E-state index contributed by atoms with van der Waals surface area (Å²) < 4.78 is 5.43. The molecule has 4 heteroatoms. The van der Waals surface area contributed by atoms with Crippen molar-refractivity contribution in [1.29, 1.82) is 0 Å². The van der Waals surface area contributed by atoms with Crippen molar-refractivity contribution in [2.45, 2.75) is 51.3 Å². The zero-order valence-corrected chi connectivity index (χ0v) is 14.0. The minimum Gasteiger partial charge on any atom is -0.494 e. The summed E-state index contributed by atoms with van der Waals surface area (Å²) in [7, 11) is 1.68. The number of aliphatic hydroxyl groups excluding tert-OH is 1. The van der Waals surface area contributed by atoms with Gasteiger partial charge < -0.3 is 9.84 Å². The van der Waals surface area contributed by atoms with Gasteiger partial charge in [-0.25, -0.2) is 4.98 Å². The minimum absolute atomic E-state index is 0.210.